The molecule has 0 amide bonds. The van der Waals surface area contributed by atoms with E-state index in [9.17, 15) is 0 Å². The van der Waals surface area contributed by atoms with Gasteiger partial charge in [-0.2, -0.15) is 0 Å². The van der Waals surface area contributed by atoms with Gasteiger partial charge in [-0.3, -0.25) is 0 Å². The van der Waals surface area contributed by atoms with E-state index in [1.807, 2.05) is 60.7 Å². The third-order valence-electron chi connectivity index (χ3n) is 11.7. The summed E-state index contributed by atoms with van der Waals surface area (Å²) >= 11 is 1.69. The molecule has 12 rings (SSSR count). The third-order valence-corrected chi connectivity index (χ3v) is 12.7. The minimum atomic E-state index is -0.493. The Labute approximate surface area is 344 Å². The van der Waals surface area contributed by atoms with Gasteiger partial charge in [-0.05, 0) is 75.8 Å². The molecule has 11 aromatic rings. The van der Waals surface area contributed by atoms with Crippen molar-refractivity contribution in [3.8, 4) is 55.9 Å². The van der Waals surface area contributed by atoms with Crippen LogP contribution in [0.5, 0.6) is 0 Å². The average Bonchev–Trinajstić information content (AvgIpc) is 4.00. The van der Waals surface area contributed by atoms with Crippen molar-refractivity contribution >= 4 is 43.5 Å². The molecule has 6 heteroatoms. The van der Waals surface area contributed by atoms with Crippen molar-refractivity contribution in [3.05, 3.63) is 216 Å². The maximum absolute atomic E-state index is 6.15. The standard InChI is InChI=1S/C53H32N4OS/c1-4-15-33(16-5-1)49-55-50(34-28-30-46-42(31-34)40-22-11-13-25-45(40)58-46)57-51(56-49)41-23-14-26-47-48(41)54-52(59-47)35-27-29-39-38-21-10-12-24-43(38)53(44(39)32-35,36-17-6-2-7-18-36)37-19-8-3-9-20-37/h1-32H. The molecule has 276 valence electrons. The highest BCUT2D eigenvalue weighted by Gasteiger charge is 2.46. The van der Waals surface area contributed by atoms with Gasteiger partial charge in [-0.1, -0.05) is 152 Å². The maximum Gasteiger partial charge on any atom is 0.166 e. The fourth-order valence-corrected chi connectivity index (χ4v) is 10.0. The van der Waals surface area contributed by atoms with Gasteiger partial charge in [0.15, 0.2) is 17.5 Å². The number of rotatable bonds is 6. The van der Waals surface area contributed by atoms with E-state index in [-0.39, 0.29) is 0 Å². The second kappa shape index (κ2) is 13.3. The summed E-state index contributed by atoms with van der Waals surface area (Å²) in [5.74, 6) is 1.77. The van der Waals surface area contributed by atoms with Crippen LogP contribution >= 0.6 is 11.3 Å². The zero-order valence-electron chi connectivity index (χ0n) is 31.6. The molecule has 0 saturated carbocycles. The van der Waals surface area contributed by atoms with Crippen LogP contribution in [0.4, 0.5) is 0 Å². The van der Waals surface area contributed by atoms with Crippen molar-refractivity contribution in [3.63, 3.8) is 0 Å². The van der Waals surface area contributed by atoms with E-state index in [1.165, 1.54) is 33.4 Å². The Morgan fingerprint density at radius 2 is 1.00 bits per heavy atom. The maximum atomic E-state index is 6.15. The van der Waals surface area contributed by atoms with Crippen molar-refractivity contribution in [2.45, 2.75) is 5.41 Å². The first-order chi connectivity index (χ1) is 29.2. The van der Waals surface area contributed by atoms with E-state index in [0.29, 0.717) is 17.5 Å². The monoisotopic (exact) mass is 772 g/mol. The van der Waals surface area contributed by atoms with Crippen LogP contribution in [0, 0.1) is 0 Å². The van der Waals surface area contributed by atoms with Crippen LogP contribution in [0.3, 0.4) is 0 Å². The van der Waals surface area contributed by atoms with E-state index in [0.717, 1.165) is 59.4 Å². The number of nitrogens with zero attached hydrogens (tertiary/aromatic N) is 4. The molecule has 3 heterocycles. The van der Waals surface area contributed by atoms with Crippen LogP contribution in [-0.4, -0.2) is 19.9 Å². The van der Waals surface area contributed by atoms with Crippen molar-refractivity contribution in [2.75, 3.05) is 0 Å². The lowest BCUT2D eigenvalue weighted by Gasteiger charge is -2.34. The number of fused-ring (bicyclic) bond motifs is 7. The summed E-state index contributed by atoms with van der Waals surface area (Å²) in [4.78, 5) is 20.7. The molecule has 0 fully saturated rings. The van der Waals surface area contributed by atoms with E-state index < -0.39 is 5.41 Å². The van der Waals surface area contributed by atoms with Gasteiger partial charge in [0.2, 0.25) is 0 Å². The van der Waals surface area contributed by atoms with Gasteiger partial charge in [0.1, 0.15) is 16.2 Å². The predicted octanol–water partition coefficient (Wildman–Crippen LogP) is 13.4. The van der Waals surface area contributed by atoms with Gasteiger partial charge in [0.05, 0.1) is 15.6 Å². The zero-order chi connectivity index (χ0) is 38.9. The van der Waals surface area contributed by atoms with Crippen LogP contribution in [-0.2, 0) is 5.41 Å². The minimum Gasteiger partial charge on any atom is -0.456 e. The summed E-state index contributed by atoms with van der Waals surface area (Å²) < 4.78 is 7.22. The second-order valence-corrected chi connectivity index (χ2v) is 16.0. The number of hydrogen-bond donors (Lipinski definition) is 0. The van der Waals surface area contributed by atoms with Gasteiger partial charge in [-0.25, -0.2) is 19.9 Å². The quantitative estimate of drug-likeness (QED) is 0.168. The first-order valence-corrected chi connectivity index (χ1v) is 20.5. The summed E-state index contributed by atoms with van der Waals surface area (Å²) in [7, 11) is 0. The molecule has 1 aliphatic carbocycles. The molecule has 5 nitrogen and oxygen atoms in total. The molecule has 0 atom stereocenters. The van der Waals surface area contributed by atoms with E-state index in [1.54, 1.807) is 11.3 Å². The molecule has 0 saturated heterocycles. The fraction of sp³-hybridized carbons (Fsp3) is 0.0189. The van der Waals surface area contributed by atoms with Gasteiger partial charge in [-0.15, -0.1) is 11.3 Å². The molecular weight excluding hydrogens is 741 g/mol. The topological polar surface area (TPSA) is 64.7 Å². The number of benzene rings is 8. The van der Waals surface area contributed by atoms with Crippen LogP contribution in [0.15, 0.2) is 199 Å². The molecule has 1 aliphatic rings. The zero-order valence-corrected chi connectivity index (χ0v) is 32.4. The van der Waals surface area contributed by atoms with Crippen LogP contribution in [0.2, 0.25) is 0 Å². The number of hydrogen-bond acceptors (Lipinski definition) is 6. The normalized spacial score (nSPS) is 12.9. The smallest absolute Gasteiger partial charge is 0.166 e. The highest BCUT2D eigenvalue weighted by atomic mass is 32.1. The van der Waals surface area contributed by atoms with Gasteiger partial charge >= 0.3 is 0 Å². The highest BCUT2D eigenvalue weighted by molar-refractivity contribution is 7.21. The summed E-state index contributed by atoms with van der Waals surface area (Å²) in [5, 5.41) is 3.02. The molecular formula is C53H32N4OS. The Balaban J connectivity index is 1.03. The van der Waals surface area contributed by atoms with E-state index >= 15 is 0 Å². The van der Waals surface area contributed by atoms with Crippen LogP contribution in [0.25, 0.3) is 88.0 Å². The highest BCUT2D eigenvalue weighted by Crippen LogP contribution is 2.57. The van der Waals surface area contributed by atoms with Crippen LogP contribution in [0.1, 0.15) is 22.3 Å². The molecule has 0 aliphatic heterocycles. The average molecular weight is 773 g/mol. The lowest BCUT2D eigenvalue weighted by molar-refractivity contribution is 0.669. The van der Waals surface area contributed by atoms with Crippen LogP contribution < -0.4 is 0 Å². The van der Waals surface area contributed by atoms with E-state index in [4.69, 9.17) is 24.4 Å². The summed E-state index contributed by atoms with van der Waals surface area (Å²) in [5.41, 5.74) is 13.3. The minimum absolute atomic E-state index is 0.493. The fourth-order valence-electron chi connectivity index (χ4n) is 9.04. The number of thiazole rings is 1. The molecule has 8 aromatic carbocycles. The second-order valence-electron chi connectivity index (χ2n) is 14.9. The largest absolute Gasteiger partial charge is 0.456 e. The summed E-state index contributed by atoms with van der Waals surface area (Å²) in [6.45, 7) is 0. The molecule has 3 aromatic heterocycles. The van der Waals surface area contributed by atoms with Crippen molar-refractivity contribution in [1.29, 1.82) is 0 Å². The van der Waals surface area contributed by atoms with E-state index in [2.05, 4.69) is 133 Å². The molecule has 59 heavy (non-hydrogen) atoms. The van der Waals surface area contributed by atoms with Crippen molar-refractivity contribution in [1.82, 2.24) is 19.9 Å². The molecule has 0 spiro atoms. The van der Waals surface area contributed by atoms with Gasteiger partial charge in [0.25, 0.3) is 0 Å². The summed E-state index contributed by atoms with van der Waals surface area (Å²) in [6, 6.07) is 68.2. The first kappa shape index (κ1) is 33.6. The SMILES string of the molecule is c1ccc(-c2nc(-c3ccc4oc5ccccc5c4c3)nc(-c3cccc4sc(-c5ccc6c(c5)C(c5ccccc5)(c5ccccc5)c5ccccc5-6)nc34)n2)cc1. The first-order valence-electron chi connectivity index (χ1n) is 19.7. The lowest BCUT2D eigenvalue weighted by Crippen LogP contribution is -2.28. The van der Waals surface area contributed by atoms with Crippen molar-refractivity contribution < 1.29 is 4.42 Å². The Morgan fingerprint density at radius 1 is 0.390 bits per heavy atom. The molecule has 0 bridgehead atoms. The molecule has 0 radical (unpaired) electrons. The van der Waals surface area contributed by atoms with Gasteiger partial charge in [0, 0.05) is 33.0 Å². The third kappa shape index (κ3) is 5.23. The molecule has 0 N–H and O–H groups in total. The Bertz CT molecular complexity index is 3350. The Kier molecular flexibility index (Phi) is 7.55. The number of para-hydroxylation sites is 2. The molecule has 0 unspecified atom stereocenters. The van der Waals surface area contributed by atoms with Crippen molar-refractivity contribution in [2.24, 2.45) is 0 Å². The predicted molar refractivity (Wildman–Crippen MR) is 239 cm³/mol. The van der Waals surface area contributed by atoms with Gasteiger partial charge < -0.3 is 4.42 Å². The summed E-state index contributed by atoms with van der Waals surface area (Å²) in [6.07, 6.45) is 0. The Hall–Kier alpha value is -7.54. The number of furan rings is 1. The lowest BCUT2D eigenvalue weighted by atomic mass is 9.67. The Morgan fingerprint density at radius 3 is 1.80 bits per heavy atom. The number of aromatic nitrogens is 4.